The molecule has 122 valence electrons. The number of aliphatic hydroxyl groups excluding tert-OH is 1. The number of nitrogens with zero attached hydrogens (tertiary/aromatic N) is 4. The van der Waals surface area contributed by atoms with E-state index in [1.807, 2.05) is 20.8 Å². The molecule has 0 unspecified atom stereocenters. The molecule has 6 nitrogen and oxygen atoms in total. The predicted octanol–water partition coefficient (Wildman–Crippen LogP) is 2.17. The molecule has 2 heterocycles. The minimum Gasteiger partial charge on any atom is -0.396 e. The number of hydrogen-bond acceptors (Lipinski definition) is 5. The third kappa shape index (κ3) is 3.65. The van der Waals surface area contributed by atoms with E-state index in [9.17, 15) is 13.2 Å². The van der Waals surface area contributed by atoms with Crippen LogP contribution in [0.2, 0.25) is 0 Å². The summed E-state index contributed by atoms with van der Waals surface area (Å²) in [5, 5.41) is 16.1. The molecule has 0 saturated heterocycles. The zero-order valence-corrected chi connectivity index (χ0v) is 12.5. The summed E-state index contributed by atoms with van der Waals surface area (Å²) in [4.78, 5) is 4.15. The average Bonchev–Trinajstić information content (AvgIpc) is 2.96. The van der Waals surface area contributed by atoms with Crippen molar-refractivity contribution >= 4 is 0 Å². The molecule has 0 saturated carbocycles. The topological polar surface area (TPSA) is 77.0 Å². The Labute approximate surface area is 124 Å². The normalized spacial score (nSPS) is 12.9. The van der Waals surface area contributed by atoms with Gasteiger partial charge in [-0.25, -0.2) is 0 Å². The highest BCUT2D eigenvalue weighted by atomic mass is 19.4. The number of alkyl halides is 3. The molecule has 1 N–H and O–H groups in total. The Kier molecular flexibility index (Phi) is 4.28. The zero-order valence-electron chi connectivity index (χ0n) is 12.5. The van der Waals surface area contributed by atoms with Crippen molar-refractivity contribution in [1.82, 2.24) is 19.9 Å². The molecule has 0 aliphatic rings. The van der Waals surface area contributed by atoms with Crippen LogP contribution in [0.3, 0.4) is 0 Å². The lowest BCUT2D eigenvalue weighted by Gasteiger charge is -2.10. The molecule has 2 rings (SSSR count). The van der Waals surface area contributed by atoms with E-state index >= 15 is 0 Å². The van der Waals surface area contributed by atoms with Gasteiger partial charge in [-0.05, 0) is 6.42 Å². The summed E-state index contributed by atoms with van der Waals surface area (Å²) in [7, 11) is 0. The van der Waals surface area contributed by atoms with Crippen LogP contribution in [0.5, 0.6) is 0 Å². The summed E-state index contributed by atoms with van der Waals surface area (Å²) in [5.41, 5.74) is -1.40. The molecule has 0 bridgehead atoms. The first-order valence-corrected chi connectivity index (χ1v) is 6.68. The van der Waals surface area contributed by atoms with Gasteiger partial charge in [0.2, 0.25) is 5.89 Å². The van der Waals surface area contributed by atoms with E-state index < -0.39 is 11.9 Å². The van der Waals surface area contributed by atoms with E-state index in [1.165, 1.54) is 6.20 Å². The molecule has 0 aliphatic carbocycles. The number of rotatable bonds is 4. The maximum Gasteiger partial charge on any atom is 0.435 e. The van der Waals surface area contributed by atoms with Crippen molar-refractivity contribution in [3.05, 3.63) is 29.2 Å². The van der Waals surface area contributed by atoms with Crippen LogP contribution >= 0.6 is 0 Å². The van der Waals surface area contributed by atoms with Crippen molar-refractivity contribution in [3.63, 3.8) is 0 Å². The van der Waals surface area contributed by atoms with Crippen LogP contribution in [0.15, 0.2) is 10.7 Å². The highest BCUT2D eigenvalue weighted by molar-refractivity contribution is 5.20. The third-order valence-corrected chi connectivity index (χ3v) is 2.90. The second-order valence-electron chi connectivity index (χ2n) is 5.94. The van der Waals surface area contributed by atoms with Gasteiger partial charge < -0.3 is 9.63 Å². The van der Waals surface area contributed by atoms with E-state index in [2.05, 4.69) is 15.2 Å². The molecule has 0 atom stereocenters. The van der Waals surface area contributed by atoms with Crippen molar-refractivity contribution in [2.45, 2.75) is 45.3 Å². The molecule has 0 spiro atoms. The Hall–Kier alpha value is -1.90. The smallest absolute Gasteiger partial charge is 0.396 e. The molecule has 0 fully saturated rings. The lowest BCUT2D eigenvalue weighted by molar-refractivity contribution is -0.142. The maximum atomic E-state index is 12.9. The van der Waals surface area contributed by atoms with Gasteiger partial charge in [-0.3, -0.25) is 4.68 Å². The molecule has 2 aromatic rings. The highest BCUT2D eigenvalue weighted by Crippen LogP contribution is 2.31. The van der Waals surface area contributed by atoms with Gasteiger partial charge in [0.05, 0.1) is 0 Å². The SMILES string of the molecule is CC(C)(C)c1nc(Cn2cc(CCO)c(C(F)(F)F)n2)no1. The van der Waals surface area contributed by atoms with E-state index in [0.717, 1.165) is 4.68 Å². The van der Waals surface area contributed by atoms with E-state index in [-0.39, 0.29) is 36.4 Å². The van der Waals surface area contributed by atoms with Gasteiger partial charge in [0, 0.05) is 23.8 Å². The van der Waals surface area contributed by atoms with E-state index in [1.54, 1.807) is 0 Å². The van der Waals surface area contributed by atoms with Gasteiger partial charge in [-0.1, -0.05) is 25.9 Å². The monoisotopic (exact) mass is 318 g/mol. The van der Waals surface area contributed by atoms with Crippen molar-refractivity contribution in [2.24, 2.45) is 0 Å². The molecular formula is C13H17F3N4O2. The lowest BCUT2D eigenvalue weighted by atomic mass is 9.97. The van der Waals surface area contributed by atoms with Crippen molar-refractivity contribution in [2.75, 3.05) is 6.61 Å². The Morgan fingerprint density at radius 1 is 1.27 bits per heavy atom. The van der Waals surface area contributed by atoms with E-state index in [0.29, 0.717) is 5.89 Å². The van der Waals surface area contributed by atoms with Crippen molar-refractivity contribution in [1.29, 1.82) is 0 Å². The fraction of sp³-hybridized carbons (Fsp3) is 0.615. The standard InChI is InChI=1S/C13H17F3N4O2/c1-12(2,3)11-17-9(19-22-11)7-20-6-8(4-5-21)10(18-20)13(14,15)16/h6,21H,4-5,7H2,1-3H3. The lowest BCUT2D eigenvalue weighted by Crippen LogP contribution is -2.12. The van der Waals surface area contributed by atoms with Crippen LogP contribution in [-0.4, -0.2) is 31.6 Å². The van der Waals surface area contributed by atoms with Gasteiger partial charge in [0.15, 0.2) is 11.5 Å². The average molecular weight is 318 g/mol. The van der Waals surface area contributed by atoms with Crippen molar-refractivity contribution in [3.8, 4) is 0 Å². The predicted molar refractivity (Wildman–Crippen MR) is 70.1 cm³/mol. The maximum absolute atomic E-state index is 12.9. The molecule has 22 heavy (non-hydrogen) atoms. The zero-order chi connectivity index (χ0) is 16.5. The molecule has 0 aliphatic heterocycles. The second-order valence-corrected chi connectivity index (χ2v) is 5.94. The van der Waals surface area contributed by atoms with Gasteiger partial charge in [-0.15, -0.1) is 0 Å². The summed E-state index contributed by atoms with van der Waals surface area (Å²) in [6, 6.07) is 0. The summed E-state index contributed by atoms with van der Waals surface area (Å²) < 4.78 is 44.8. The van der Waals surface area contributed by atoms with Gasteiger partial charge in [-0.2, -0.15) is 23.3 Å². The minimum absolute atomic E-state index is 0.0336. The fourth-order valence-electron chi connectivity index (χ4n) is 1.85. The Balaban J connectivity index is 2.25. The second kappa shape index (κ2) is 5.71. The fourth-order valence-corrected chi connectivity index (χ4v) is 1.85. The minimum atomic E-state index is -4.57. The van der Waals surface area contributed by atoms with Crippen LogP contribution in [0, 0.1) is 0 Å². The third-order valence-electron chi connectivity index (χ3n) is 2.90. The number of aromatic nitrogens is 4. The summed E-state index contributed by atoms with van der Waals surface area (Å²) in [6.45, 7) is 5.25. The van der Waals surface area contributed by atoms with Crippen LogP contribution in [0.4, 0.5) is 13.2 Å². The summed E-state index contributed by atoms with van der Waals surface area (Å²) in [6.07, 6.45) is -3.44. The van der Waals surface area contributed by atoms with Crippen LogP contribution in [-0.2, 0) is 24.6 Å². The largest absolute Gasteiger partial charge is 0.435 e. The Morgan fingerprint density at radius 3 is 2.45 bits per heavy atom. The van der Waals surface area contributed by atoms with E-state index in [4.69, 9.17) is 9.63 Å². The van der Waals surface area contributed by atoms with Crippen LogP contribution < -0.4 is 0 Å². The van der Waals surface area contributed by atoms with Crippen LogP contribution in [0.25, 0.3) is 0 Å². The Bertz CT molecular complexity index is 640. The number of halogens is 3. The first-order valence-electron chi connectivity index (χ1n) is 6.68. The summed E-state index contributed by atoms with van der Waals surface area (Å²) >= 11 is 0. The van der Waals surface area contributed by atoms with Gasteiger partial charge in [0.25, 0.3) is 0 Å². The molecule has 2 aromatic heterocycles. The Morgan fingerprint density at radius 2 is 1.95 bits per heavy atom. The first-order chi connectivity index (χ1) is 10.1. The van der Waals surface area contributed by atoms with Gasteiger partial charge in [0.1, 0.15) is 6.54 Å². The number of hydrogen-bond donors (Lipinski definition) is 1. The molecule has 0 amide bonds. The van der Waals surface area contributed by atoms with Gasteiger partial charge >= 0.3 is 6.18 Å². The summed E-state index contributed by atoms with van der Waals surface area (Å²) in [5.74, 6) is 0.651. The molecule has 9 heteroatoms. The first kappa shape index (κ1) is 16.5. The molecular weight excluding hydrogens is 301 g/mol. The quantitative estimate of drug-likeness (QED) is 0.935. The highest BCUT2D eigenvalue weighted by Gasteiger charge is 2.37. The molecule has 0 aromatic carbocycles. The van der Waals surface area contributed by atoms with Crippen LogP contribution in [0.1, 0.15) is 43.7 Å². The molecule has 0 radical (unpaired) electrons. The number of aliphatic hydroxyl groups is 1. The van der Waals surface area contributed by atoms with Crippen molar-refractivity contribution < 1.29 is 22.8 Å².